The molecule has 1 unspecified atom stereocenters. The number of carbonyl (C=O) groups is 2. The molecule has 1 fully saturated rings. The lowest BCUT2D eigenvalue weighted by molar-refractivity contribution is -0.117. The van der Waals surface area contributed by atoms with Crippen molar-refractivity contribution in [2.75, 3.05) is 18.5 Å². The van der Waals surface area contributed by atoms with E-state index >= 15 is 0 Å². The minimum absolute atomic E-state index is 0.0260. The fourth-order valence-corrected chi connectivity index (χ4v) is 2.29. The first-order chi connectivity index (χ1) is 8.54. The molecule has 1 saturated heterocycles. The van der Waals surface area contributed by atoms with Crippen LogP contribution in [0.3, 0.4) is 0 Å². The molecular weight excluding hydrogens is 230 g/mol. The molecule has 0 radical (unpaired) electrons. The van der Waals surface area contributed by atoms with E-state index in [9.17, 15) is 9.59 Å². The highest BCUT2D eigenvalue weighted by Crippen LogP contribution is 2.28. The second kappa shape index (κ2) is 4.78. The number of hydrogen-bond acceptors (Lipinski definition) is 3. The number of anilines is 1. The number of carbonyl (C=O) groups excluding carboxylic acids is 2. The maximum Gasteiger partial charge on any atom is 0.253 e. The van der Waals surface area contributed by atoms with Crippen LogP contribution in [0.15, 0.2) is 18.2 Å². The van der Waals surface area contributed by atoms with Crippen LogP contribution in [0.25, 0.3) is 0 Å². The number of benzene rings is 1. The van der Waals surface area contributed by atoms with Crippen LogP contribution in [-0.4, -0.2) is 31.4 Å². The Kier molecular flexibility index (Phi) is 3.34. The van der Waals surface area contributed by atoms with Crippen LogP contribution in [0.4, 0.5) is 5.69 Å². The van der Waals surface area contributed by atoms with Crippen molar-refractivity contribution in [3.63, 3.8) is 0 Å². The second-order valence-electron chi connectivity index (χ2n) is 4.52. The standard InChI is InChI=1S/C13H17N3O2/c1-8-4-3-5-10(13(18)15-2)12(8)16-7-9(14)6-11(16)17/h3-5,9H,6-7,14H2,1-2H3,(H,15,18). The molecule has 1 atom stereocenters. The molecule has 1 heterocycles. The van der Waals surface area contributed by atoms with Crippen LogP contribution in [-0.2, 0) is 4.79 Å². The van der Waals surface area contributed by atoms with Gasteiger partial charge >= 0.3 is 0 Å². The predicted molar refractivity (Wildman–Crippen MR) is 69.5 cm³/mol. The Balaban J connectivity index is 2.49. The fourth-order valence-electron chi connectivity index (χ4n) is 2.29. The van der Waals surface area contributed by atoms with E-state index in [0.717, 1.165) is 5.56 Å². The zero-order valence-electron chi connectivity index (χ0n) is 10.6. The van der Waals surface area contributed by atoms with E-state index in [1.807, 2.05) is 19.1 Å². The van der Waals surface area contributed by atoms with Gasteiger partial charge in [0.2, 0.25) is 5.91 Å². The number of hydrogen-bond donors (Lipinski definition) is 2. The Hall–Kier alpha value is -1.88. The summed E-state index contributed by atoms with van der Waals surface area (Å²) in [7, 11) is 1.58. The van der Waals surface area contributed by atoms with Gasteiger partial charge in [0.1, 0.15) is 0 Å². The highest BCUT2D eigenvalue weighted by atomic mass is 16.2. The van der Waals surface area contributed by atoms with Crippen LogP contribution < -0.4 is 16.0 Å². The van der Waals surface area contributed by atoms with E-state index < -0.39 is 0 Å². The van der Waals surface area contributed by atoms with Crippen molar-refractivity contribution >= 4 is 17.5 Å². The molecule has 3 N–H and O–H groups in total. The molecule has 18 heavy (non-hydrogen) atoms. The summed E-state index contributed by atoms with van der Waals surface area (Å²) in [6.45, 7) is 2.35. The summed E-state index contributed by atoms with van der Waals surface area (Å²) in [5.74, 6) is -0.219. The van der Waals surface area contributed by atoms with Crippen LogP contribution in [0, 0.1) is 6.92 Å². The molecule has 0 aliphatic carbocycles. The zero-order valence-corrected chi connectivity index (χ0v) is 10.6. The Morgan fingerprint density at radius 2 is 2.22 bits per heavy atom. The summed E-state index contributed by atoms with van der Waals surface area (Å²) in [5.41, 5.74) is 7.89. The SMILES string of the molecule is CNC(=O)c1cccc(C)c1N1CC(N)CC1=O. The van der Waals surface area contributed by atoms with E-state index in [0.29, 0.717) is 24.2 Å². The number of para-hydroxylation sites is 1. The molecule has 2 rings (SSSR count). The summed E-state index contributed by atoms with van der Waals surface area (Å²) >= 11 is 0. The lowest BCUT2D eigenvalue weighted by Crippen LogP contribution is -2.31. The number of nitrogens with one attached hydrogen (secondary N) is 1. The third kappa shape index (κ3) is 2.09. The van der Waals surface area contributed by atoms with Crippen LogP contribution in [0.2, 0.25) is 0 Å². The quantitative estimate of drug-likeness (QED) is 0.795. The van der Waals surface area contributed by atoms with Gasteiger partial charge in [-0.1, -0.05) is 12.1 Å². The first kappa shape index (κ1) is 12.6. The molecule has 2 amide bonds. The molecule has 1 aromatic rings. The van der Waals surface area contributed by atoms with Crippen molar-refractivity contribution in [3.8, 4) is 0 Å². The lowest BCUT2D eigenvalue weighted by atomic mass is 10.1. The molecule has 0 saturated carbocycles. The summed E-state index contributed by atoms with van der Waals surface area (Å²) in [4.78, 5) is 25.4. The van der Waals surface area contributed by atoms with Crippen molar-refractivity contribution in [3.05, 3.63) is 29.3 Å². The van der Waals surface area contributed by atoms with Gasteiger partial charge in [0.15, 0.2) is 0 Å². The van der Waals surface area contributed by atoms with Crippen molar-refractivity contribution in [2.24, 2.45) is 5.73 Å². The average molecular weight is 247 g/mol. The van der Waals surface area contributed by atoms with Gasteiger partial charge in [0, 0.05) is 26.1 Å². The van der Waals surface area contributed by atoms with E-state index in [4.69, 9.17) is 5.73 Å². The molecule has 0 spiro atoms. The largest absolute Gasteiger partial charge is 0.355 e. The van der Waals surface area contributed by atoms with Gasteiger partial charge in [-0.25, -0.2) is 0 Å². The van der Waals surface area contributed by atoms with Gasteiger partial charge in [-0.3, -0.25) is 9.59 Å². The number of rotatable bonds is 2. The fraction of sp³-hybridized carbons (Fsp3) is 0.385. The molecule has 5 heteroatoms. The van der Waals surface area contributed by atoms with Crippen molar-refractivity contribution in [1.82, 2.24) is 5.32 Å². The highest BCUT2D eigenvalue weighted by Gasteiger charge is 2.31. The van der Waals surface area contributed by atoms with Crippen molar-refractivity contribution < 1.29 is 9.59 Å². The smallest absolute Gasteiger partial charge is 0.253 e. The Morgan fingerprint density at radius 1 is 1.50 bits per heavy atom. The molecule has 1 aliphatic heterocycles. The summed E-state index contributed by atoms with van der Waals surface area (Å²) < 4.78 is 0. The van der Waals surface area contributed by atoms with Gasteiger partial charge in [0.25, 0.3) is 5.91 Å². The third-order valence-corrected chi connectivity index (χ3v) is 3.13. The normalized spacial score (nSPS) is 19.2. The lowest BCUT2D eigenvalue weighted by Gasteiger charge is -2.21. The first-order valence-electron chi connectivity index (χ1n) is 5.92. The zero-order chi connectivity index (χ0) is 13.3. The average Bonchev–Trinajstić information content (AvgIpc) is 2.67. The Labute approximate surface area is 106 Å². The molecule has 96 valence electrons. The molecule has 1 aliphatic rings. The minimum atomic E-state index is -0.193. The molecule has 1 aromatic carbocycles. The van der Waals surface area contributed by atoms with Crippen LogP contribution in [0.1, 0.15) is 22.3 Å². The van der Waals surface area contributed by atoms with E-state index in [1.165, 1.54) is 0 Å². The Bertz CT molecular complexity index is 499. The maximum absolute atomic E-state index is 11.9. The van der Waals surface area contributed by atoms with Gasteiger partial charge in [0.05, 0.1) is 11.3 Å². The summed E-state index contributed by atoms with van der Waals surface area (Å²) in [5, 5.41) is 2.59. The minimum Gasteiger partial charge on any atom is -0.355 e. The van der Waals surface area contributed by atoms with E-state index in [2.05, 4.69) is 5.32 Å². The number of amides is 2. The van der Waals surface area contributed by atoms with Crippen LogP contribution in [0.5, 0.6) is 0 Å². The molecule has 0 aromatic heterocycles. The number of nitrogens with two attached hydrogens (primary N) is 1. The Morgan fingerprint density at radius 3 is 2.78 bits per heavy atom. The van der Waals surface area contributed by atoms with Crippen molar-refractivity contribution in [2.45, 2.75) is 19.4 Å². The molecular formula is C13H17N3O2. The van der Waals surface area contributed by atoms with E-state index in [-0.39, 0.29) is 17.9 Å². The van der Waals surface area contributed by atoms with Crippen molar-refractivity contribution in [1.29, 1.82) is 0 Å². The van der Waals surface area contributed by atoms with Crippen LogP contribution >= 0.6 is 0 Å². The summed E-state index contributed by atoms with van der Waals surface area (Å²) in [6, 6.07) is 5.26. The monoisotopic (exact) mass is 247 g/mol. The van der Waals surface area contributed by atoms with Gasteiger partial charge < -0.3 is 16.0 Å². The predicted octanol–water partition coefficient (Wildman–Crippen LogP) is 0.419. The number of nitrogens with zero attached hydrogens (tertiary/aromatic N) is 1. The van der Waals surface area contributed by atoms with E-state index in [1.54, 1.807) is 18.0 Å². The third-order valence-electron chi connectivity index (χ3n) is 3.13. The van der Waals surface area contributed by atoms with Gasteiger partial charge in [-0.05, 0) is 18.6 Å². The second-order valence-corrected chi connectivity index (χ2v) is 4.52. The highest BCUT2D eigenvalue weighted by molar-refractivity contribution is 6.06. The molecule has 0 bridgehead atoms. The first-order valence-corrected chi connectivity index (χ1v) is 5.92. The molecule has 5 nitrogen and oxygen atoms in total. The topological polar surface area (TPSA) is 75.4 Å². The summed E-state index contributed by atoms with van der Waals surface area (Å²) in [6.07, 6.45) is 0.335. The van der Waals surface area contributed by atoms with Gasteiger partial charge in [-0.15, -0.1) is 0 Å². The van der Waals surface area contributed by atoms with Gasteiger partial charge in [-0.2, -0.15) is 0 Å². The number of aryl methyl sites for hydroxylation is 1. The maximum atomic E-state index is 11.9.